The minimum absolute atomic E-state index is 0.0156. The third-order valence-corrected chi connectivity index (χ3v) is 5.99. The maximum absolute atomic E-state index is 12.4. The molecule has 4 rings (SSSR count). The summed E-state index contributed by atoms with van der Waals surface area (Å²) < 4.78 is 5.59. The number of rotatable bonds is 3. The summed E-state index contributed by atoms with van der Waals surface area (Å²) in [4.78, 5) is 20.3. The number of para-hydroxylation sites is 2. The van der Waals surface area contributed by atoms with Crippen LogP contribution in [0.4, 0.5) is 0 Å². The van der Waals surface area contributed by atoms with E-state index in [0.29, 0.717) is 5.75 Å². The number of fused-ring (bicyclic) bond motifs is 1. The van der Waals surface area contributed by atoms with Gasteiger partial charge in [0.15, 0.2) is 0 Å². The minimum atomic E-state index is -0.147. The predicted molar refractivity (Wildman–Crippen MR) is 98.2 cm³/mol. The van der Waals surface area contributed by atoms with Gasteiger partial charge in [0.1, 0.15) is 11.6 Å². The van der Waals surface area contributed by atoms with Crippen LogP contribution in [0.15, 0.2) is 48.5 Å². The molecular weight excluding hydrogens is 312 g/mol. The summed E-state index contributed by atoms with van der Waals surface area (Å²) in [6, 6.07) is 15.4. The zero-order valence-electron chi connectivity index (χ0n) is 15.0. The predicted octanol–water partition coefficient (Wildman–Crippen LogP) is 4.82. The highest BCUT2D eigenvalue weighted by Crippen LogP contribution is 2.68. The number of hydrogen-bond acceptors (Lipinski definition) is 3. The normalized spacial score (nSPS) is 18.2. The molecule has 0 spiro atoms. The first-order chi connectivity index (χ1) is 11.8. The SMILES string of the molecule is CC1(C)C(C(=O)Oc2ccc(-c3nc4ccccc4[nH]3)cc2)C1(C)C. The molecule has 0 atom stereocenters. The van der Waals surface area contributed by atoms with Crippen LogP contribution in [0.5, 0.6) is 5.75 Å². The highest BCUT2D eigenvalue weighted by molar-refractivity contribution is 5.81. The van der Waals surface area contributed by atoms with Gasteiger partial charge in [-0.2, -0.15) is 0 Å². The van der Waals surface area contributed by atoms with E-state index < -0.39 is 0 Å². The number of nitrogens with one attached hydrogen (secondary N) is 1. The molecule has 4 heteroatoms. The van der Waals surface area contributed by atoms with Gasteiger partial charge in [0, 0.05) is 5.56 Å². The van der Waals surface area contributed by atoms with Crippen molar-refractivity contribution < 1.29 is 9.53 Å². The van der Waals surface area contributed by atoms with Crippen molar-refractivity contribution in [3.05, 3.63) is 48.5 Å². The van der Waals surface area contributed by atoms with E-state index in [4.69, 9.17) is 4.74 Å². The lowest BCUT2D eigenvalue weighted by molar-refractivity contribution is -0.137. The highest BCUT2D eigenvalue weighted by Gasteiger charge is 2.69. The van der Waals surface area contributed by atoms with Gasteiger partial charge in [0.05, 0.1) is 17.0 Å². The van der Waals surface area contributed by atoms with Gasteiger partial charge in [0.25, 0.3) is 0 Å². The zero-order chi connectivity index (χ0) is 17.8. The molecule has 0 unspecified atom stereocenters. The van der Waals surface area contributed by atoms with Gasteiger partial charge >= 0.3 is 5.97 Å². The summed E-state index contributed by atoms with van der Waals surface area (Å²) in [7, 11) is 0. The van der Waals surface area contributed by atoms with E-state index in [9.17, 15) is 4.79 Å². The number of carbonyl (C=O) groups is 1. The van der Waals surface area contributed by atoms with Gasteiger partial charge < -0.3 is 9.72 Å². The van der Waals surface area contributed by atoms with Crippen LogP contribution in [0.25, 0.3) is 22.4 Å². The lowest BCUT2D eigenvalue weighted by atomic mass is 10.0. The second-order valence-electron chi connectivity index (χ2n) is 7.92. The zero-order valence-corrected chi connectivity index (χ0v) is 15.0. The third kappa shape index (κ3) is 2.44. The van der Waals surface area contributed by atoms with Crippen LogP contribution in [0.2, 0.25) is 0 Å². The molecule has 1 fully saturated rings. The fourth-order valence-corrected chi connectivity index (χ4v) is 3.73. The van der Waals surface area contributed by atoms with Crippen molar-refractivity contribution in [3.8, 4) is 17.1 Å². The van der Waals surface area contributed by atoms with Crippen molar-refractivity contribution in [3.63, 3.8) is 0 Å². The highest BCUT2D eigenvalue weighted by atomic mass is 16.5. The van der Waals surface area contributed by atoms with Crippen LogP contribution in [0, 0.1) is 16.7 Å². The number of H-pyrrole nitrogens is 1. The Morgan fingerprint density at radius 3 is 2.24 bits per heavy atom. The largest absolute Gasteiger partial charge is 0.426 e. The lowest BCUT2D eigenvalue weighted by Crippen LogP contribution is -2.14. The summed E-state index contributed by atoms with van der Waals surface area (Å²) in [6.45, 7) is 8.46. The molecule has 0 radical (unpaired) electrons. The molecule has 0 aliphatic heterocycles. The van der Waals surface area contributed by atoms with Crippen LogP contribution in [-0.2, 0) is 4.79 Å². The van der Waals surface area contributed by atoms with E-state index in [0.717, 1.165) is 22.4 Å². The molecule has 1 aliphatic rings. The number of aromatic amines is 1. The van der Waals surface area contributed by atoms with Crippen molar-refractivity contribution in [1.29, 1.82) is 0 Å². The summed E-state index contributed by atoms with van der Waals surface area (Å²) in [5, 5.41) is 0. The van der Waals surface area contributed by atoms with E-state index in [1.807, 2.05) is 48.5 Å². The van der Waals surface area contributed by atoms with E-state index in [-0.39, 0.29) is 22.7 Å². The van der Waals surface area contributed by atoms with Crippen LogP contribution in [0.1, 0.15) is 27.7 Å². The second kappa shape index (κ2) is 5.19. The van der Waals surface area contributed by atoms with E-state index in [1.165, 1.54) is 0 Å². The van der Waals surface area contributed by atoms with Crippen LogP contribution in [-0.4, -0.2) is 15.9 Å². The summed E-state index contributed by atoms with van der Waals surface area (Å²) in [5.74, 6) is 1.17. The molecule has 1 heterocycles. The number of aromatic nitrogens is 2. The first-order valence-electron chi connectivity index (χ1n) is 8.57. The number of esters is 1. The fraction of sp³-hybridized carbons (Fsp3) is 0.333. The summed E-state index contributed by atoms with van der Waals surface area (Å²) >= 11 is 0. The Bertz CT molecular complexity index is 904. The molecular formula is C21H22N2O2. The molecule has 1 N–H and O–H groups in total. The molecule has 0 saturated heterocycles. The summed E-state index contributed by atoms with van der Waals surface area (Å²) in [5.41, 5.74) is 2.87. The Kier molecular flexibility index (Phi) is 3.29. The Hall–Kier alpha value is -2.62. The van der Waals surface area contributed by atoms with Gasteiger partial charge in [-0.3, -0.25) is 4.79 Å². The van der Waals surface area contributed by atoms with Gasteiger partial charge in [-0.15, -0.1) is 0 Å². The molecule has 25 heavy (non-hydrogen) atoms. The molecule has 3 aromatic rings. The first-order valence-corrected chi connectivity index (χ1v) is 8.57. The van der Waals surface area contributed by atoms with Crippen molar-refractivity contribution >= 4 is 17.0 Å². The van der Waals surface area contributed by atoms with Gasteiger partial charge in [-0.05, 0) is 47.2 Å². The van der Waals surface area contributed by atoms with Crippen LogP contribution < -0.4 is 4.74 Å². The monoisotopic (exact) mass is 334 g/mol. The fourth-order valence-electron chi connectivity index (χ4n) is 3.73. The molecule has 128 valence electrons. The number of nitrogens with zero attached hydrogens (tertiary/aromatic N) is 1. The van der Waals surface area contributed by atoms with E-state index in [1.54, 1.807) is 0 Å². The van der Waals surface area contributed by atoms with Crippen molar-refractivity contribution in [2.45, 2.75) is 27.7 Å². The second-order valence-corrected chi connectivity index (χ2v) is 7.92. The summed E-state index contributed by atoms with van der Waals surface area (Å²) in [6.07, 6.45) is 0. The molecule has 0 bridgehead atoms. The van der Waals surface area contributed by atoms with Crippen molar-refractivity contribution in [2.24, 2.45) is 16.7 Å². The Balaban J connectivity index is 1.52. The topological polar surface area (TPSA) is 55.0 Å². The van der Waals surface area contributed by atoms with Gasteiger partial charge in [-0.25, -0.2) is 4.98 Å². The number of hydrogen-bond donors (Lipinski definition) is 1. The van der Waals surface area contributed by atoms with E-state index in [2.05, 4.69) is 37.7 Å². The molecule has 1 aromatic heterocycles. The molecule has 1 aliphatic carbocycles. The quantitative estimate of drug-likeness (QED) is 0.552. The minimum Gasteiger partial charge on any atom is -0.426 e. The van der Waals surface area contributed by atoms with Gasteiger partial charge in [-0.1, -0.05) is 39.8 Å². The Morgan fingerprint density at radius 1 is 1.00 bits per heavy atom. The average Bonchev–Trinajstić information content (AvgIpc) is 2.88. The number of benzene rings is 2. The first kappa shape index (κ1) is 15.9. The molecule has 1 saturated carbocycles. The standard InChI is InChI=1S/C21H22N2O2/c1-20(2)17(21(20,3)4)19(24)25-14-11-9-13(10-12-14)18-22-15-7-5-6-8-16(15)23-18/h5-12,17H,1-4H3,(H,22,23). The smallest absolute Gasteiger partial charge is 0.315 e. The third-order valence-electron chi connectivity index (χ3n) is 5.99. The number of ether oxygens (including phenoxy) is 1. The molecule has 0 amide bonds. The van der Waals surface area contributed by atoms with Crippen molar-refractivity contribution in [1.82, 2.24) is 9.97 Å². The maximum atomic E-state index is 12.4. The molecule has 2 aromatic carbocycles. The van der Waals surface area contributed by atoms with Gasteiger partial charge in [0.2, 0.25) is 0 Å². The maximum Gasteiger partial charge on any atom is 0.315 e. The average molecular weight is 334 g/mol. The number of imidazole rings is 1. The molecule has 4 nitrogen and oxygen atoms in total. The van der Waals surface area contributed by atoms with E-state index >= 15 is 0 Å². The Labute approximate surface area is 147 Å². The van der Waals surface area contributed by atoms with Crippen LogP contribution in [0.3, 0.4) is 0 Å². The number of carbonyl (C=O) groups excluding carboxylic acids is 1. The Morgan fingerprint density at radius 2 is 1.64 bits per heavy atom. The van der Waals surface area contributed by atoms with Crippen LogP contribution >= 0.6 is 0 Å². The lowest BCUT2D eigenvalue weighted by Gasteiger charge is -2.06. The van der Waals surface area contributed by atoms with Crippen molar-refractivity contribution in [2.75, 3.05) is 0 Å².